The number of nitrogens with zero attached hydrogens (tertiary/aromatic N) is 4. The molecule has 2 heterocycles. The molecule has 0 aliphatic carbocycles. The number of hydrogen-bond acceptors (Lipinski definition) is 5. The van der Waals surface area contributed by atoms with Gasteiger partial charge in [-0.1, -0.05) is 29.4 Å². The fraction of sp³-hybridized carbons (Fsp3) is 0.375. The van der Waals surface area contributed by atoms with Crippen LogP contribution in [0.3, 0.4) is 0 Å². The highest BCUT2D eigenvalue weighted by atomic mass is 35.5. The van der Waals surface area contributed by atoms with Crippen LogP contribution in [0, 0.1) is 0 Å². The first-order chi connectivity index (χ1) is 11.9. The van der Waals surface area contributed by atoms with Crippen molar-refractivity contribution in [3.05, 3.63) is 41.0 Å². The number of alkyl halides is 3. The molecular formula is C16H16ClF3N4S. The van der Waals surface area contributed by atoms with E-state index in [0.29, 0.717) is 42.2 Å². The molecule has 0 amide bonds. The van der Waals surface area contributed by atoms with Gasteiger partial charge in [-0.05, 0) is 24.5 Å². The van der Waals surface area contributed by atoms with Crippen molar-refractivity contribution in [3.8, 4) is 0 Å². The molecule has 4 nitrogen and oxygen atoms in total. The molecular weight excluding hydrogens is 373 g/mol. The van der Waals surface area contributed by atoms with E-state index in [0.717, 1.165) is 11.9 Å². The Morgan fingerprint density at radius 2 is 1.72 bits per heavy atom. The summed E-state index contributed by atoms with van der Waals surface area (Å²) >= 11 is 7.44. The topological polar surface area (TPSA) is 32.3 Å². The summed E-state index contributed by atoms with van der Waals surface area (Å²) in [6.07, 6.45) is -2.45. The van der Waals surface area contributed by atoms with Gasteiger partial charge in [0.1, 0.15) is 11.0 Å². The van der Waals surface area contributed by atoms with Crippen LogP contribution in [-0.4, -0.2) is 42.4 Å². The molecule has 25 heavy (non-hydrogen) atoms. The molecule has 3 rings (SSSR count). The molecule has 2 aromatic rings. The second-order valence-electron chi connectivity index (χ2n) is 5.56. The molecule has 1 aliphatic rings. The highest BCUT2D eigenvalue weighted by Gasteiger charge is 2.31. The van der Waals surface area contributed by atoms with Crippen LogP contribution in [-0.2, 0) is 6.18 Å². The molecule has 0 radical (unpaired) electrons. The fourth-order valence-electron chi connectivity index (χ4n) is 2.71. The van der Waals surface area contributed by atoms with Crippen LogP contribution in [0.4, 0.5) is 24.7 Å². The average Bonchev–Trinajstić information content (AvgIpc) is 2.60. The molecule has 0 saturated carbocycles. The summed E-state index contributed by atoms with van der Waals surface area (Å²) in [5.74, 6) is 0.744. The van der Waals surface area contributed by atoms with Gasteiger partial charge in [0.25, 0.3) is 0 Å². The van der Waals surface area contributed by atoms with E-state index in [1.54, 1.807) is 12.1 Å². The molecule has 1 aromatic heterocycles. The Labute approximate surface area is 153 Å². The van der Waals surface area contributed by atoms with Gasteiger partial charge in [-0.3, -0.25) is 0 Å². The first-order valence-corrected chi connectivity index (χ1v) is 9.23. The molecule has 1 saturated heterocycles. The standard InChI is InChI=1S/C16H16ClF3N4S/c1-25-15-21-13(17)10-14(22-15)24-7-5-23(6-8-24)12-4-2-3-11(9-12)16(18,19)20/h2-4,9-10H,5-8H2,1H3. The van der Waals surface area contributed by atoms with E-state index in [-0.39, 0.29) is 0 Å². The smallest absolute Gasteiger partial charge is 0.368 e. The predicted octanol–water partition coefficient (Wildman–Crippen LogP) is 4.20. The number of anilines is 2. The van der Waals surface area contributed by atoms with Gasteiger partial charge < -0.3 is 9.80 Å². The van der Waals surface area contributed by atoms with Crippen molar-refractivity contribution in [2.75, 3.05) is 42.2 Å². The van der Waals surface area contributed by atoms with Gasteiger partial charge >= 0.3 is 6.18 Å². The zero-order valence-electron chi connectivity index (χ0n) is 13.4. The van der Waals surface area contributed by atoms with E-state index < -0.39 is 11.7 Å². The summed E-state index contributed by atoms with van der Waals surface area (Å²) in [4.78, 5) is 12.6. The Bertz CT molecular complexity index is 748. The van der Waals surface area contributed by atoms with Crippen molar-refractivity contribution in [1.82, 2.24) is 9.97 Å². The molecule has 1 fully saturated rings. The highest BCUT2D eigenvalue weighted by molar-refractivity contribution is 7.98. The van der Waals surface area contributed by atoms with Crippen LogP contribution in [0.2, 0.25) is 5.15 Å². The lowest BCUT2D eigenvalue weighted by Gasteiger charge is -2.37. The van der Waals surface area contributed by atoms with Crippen LogP contribution >= 0.6 is 23.4 Å². The molecule has 134 valence electrons. The third-order valence-corrected chi connectivity index (χ3v) is 4.73. The largest absolute Gasteiger partial charge is 0.416 e. The third kappa shape index (κ3) is 4.30. The van der Waals surface area contributed by atoms with E-state index in [1.807, 2.05) is 11.2 Å². The third-order valence-electron chi connectivity index (χ3n) is 3.99. The summed E-state index contributed by atoms with van der Waals surface area (Å²) in [6.45, 7) is 2.52. The van der Waals surface area contributed by atoms with Crippen LogP contribution in [0.25, 0.3) is 0 Å². The van der Waals surface area contributed by atoms with Gasteiger partial charge in [0.15, 0.2) is 5.16 Å². The molecule has 1 aromatic carbocycles. The predicted molar refractivity (Wildman–Crippen MR) is 94.7 cm³/mol. The number of benzene rings is 1. The van der Waals surface area contributed by atoms with Gasteiger partial charge in [-0.25, -0.2) is 9.97 Å². The number of hydrogen-bond donors (Lipinski definition) is 0. The van der Waals surface area contributed by atoms with Crippen LogP contribution in [0.1, 0.15) is 5.56 Å². The second kappa shape index (κ2) is 7.29. The minimum Gasteiger partial charge on any atom is -0.368 e. The first kappa shape index (κ1) is 18.1. The molecule has 0 unspecified atom stereocenters. The maximum Gasteiger partial charge on any atom is 0.416 e. The molecule has 0 bridgehead atoms. The minimum atomic E-state index is -4.33. The Kier molecular flexibility index (Phi) is 5.29. The molecule has 0 spiro atoms. The monoisotopic (exact) mass is 388 g/mol. The van der Waals surface area contributed by atoms with Gasteiger partial charge in [0.05, 0.1) is 5.56 Å². The molecule has 0 atom stereocenters. The lowest BCUT2D eigenvalue weighted by molar-refractivity contribution is -0.137. The first-order valence-electron chi connectivity index (χ1n) is 7.62. The number of piperazine rings is 1. The van der Waals surface area contributed by atoms with Crippen LogP contribution in [0.5, 0.6) is 0 Å². The number of rotatable bonds is 3. The van der Waals surface area contributed by atoms with E-state index >= 15 is 0 Å². The second-order valence-corrected chi connectivity index (χ2v) is 6.72. The van der Waals surface area contributed by atoms with Crippen molar-refractivity contribution in [2.45, 2.75) is 11.3 Å². The van der Waals surface area contributed by atoms with Gasteiger partial charge in [0.2, 0.25) is 0 Å². The number of thioether (sulfide) groups is 1. The summed E-state index contributed by atoms with van der Waals surface area (Å²) in [6, 6.07) is 7.15. The van der Waals surface area contributed by atoms with E-state index in [1.165, 1.54) is 23.9 Å². The Morgan fingerprint density at radius 1 is 1.04 bits per heavy atom. The average molecular weight is 389 g/mol. The quantitative estimate of drug-likeness (QED) is 0.447. The lowest BCUT2D eigenvalue weighted by Crippen LogP contribution is -2.47. The van der Waals surface area contributed by atoms with Gasteiger partial charge in [-0.2, -0.15) is 13.2 Å². The van der Waals surface area contributed by atoms with E-state index in [2.05, 4.69) is 14.9 Å². The summed E-state index contributed by atoms with van der Waals surface area (Å²) in [5.41, 5.74) is -0.0420. The Balaban J connectivity index is 1.71. The molecule has 1 aliphatic heterocycles. The molecule has 9 heteroatoms. The zero-order valence-corrected chi connectivity index (χ0v) is 15.0. The van der Waals surface area contributed by atoms with Crippen LogP contribution in [0.15, 0.2) is 35.5 Å². The normalized spacial score (nSPS) is 15.6. The van der Waals surface area contributed by atoms with Gasteiger partial charge in [-0.15, -0.1) is 0 Å². The lowest BCUT2D eigenvalue weighted by atomic mass is 10.1. The maximum atomic E-state index is 12.9. The van der Waals surface area contributed by atoms with E-state index in [4.69, 9.17) is 11.6 Å². The Morgan fingerprint density at radius 3 is 2.36 bits per heavy atom. The summed E-state index contributed by atoms with van der Waals surface area (Å²) < 4.78 is 38.6. The van der Waals surface area contributed by atoms with Crippen molar-refractivity contribution in [2.24, 2.45) is 0 Å². The van der Waals surface area contributed by atoms with Crippen molar-refractivity contribution >= 4 is 34.9 Å². The summed E-state index contributed by atoms with van der Waals surface area (Å²) in [5, 5.41) is 0.984. The van der Waals surface area contributed by atoms with Crippen LogP contribution < -0.4 is 9.80 Å². The van der Waals surface area contributed by atoms with Crippen molar-refractivity contribution in [1.29, 1.82) is 0 Å². The number of aromatic nitrogens is 2. The van der Waals surface area contributed by atoms with E-state index in [9.17, 15) is 13.2 Å². The maximum absolute atomic E-state index is 12.9. The minimum absolute atomic E-state index is 0.384. The summed E-state index contributed by atoms with van der Waals surface area (Å²) in [7, 11) is 0. The zero-order chi connectivity index (χ0) is 18.0. The SMILES string of the molecule is CSc1nc(Cl)cc(N2CCN(c3cccc(C(F)(F)F)c3)CC2)n1. The van der Waals surface area contributed by atoms with Crippen molar-refractivity contribution in [3.63, 3.8) is 0 Å². The van der Waals surface area contributed by atoms with Crippen molar-refractivity contribution < 1.29 is 13.2 Å². The molecule has 0 N–H and O–H groups in total. The van der Waals surface area contributed by atoms with Gasteiger partial charge in [0, 0.05) is 37.9 Å². The Hall–Kier alpha value is -1.67. The number of halogens is 4. The highest BCUT2D eigenvalue weighted by Crippen LogP contribution is 2.32. The fourth-order valence-corrected chi connectivity index (χ4v) is 3.31.